The van der Waals surface area contributed by atoms with Crippen molar-refractivity contribution < 1.29 is 23.1 Å². The molecule has 186 valence electrons. The van der Waals surface area contributed by atoms with Gasteiger partial charge in [0.25, 0.3) is 5.25 Å². The molecule has 0 aromatic carbocycles. The number of halogens is 2. The van der Waals surface area contributed by atoms with E-state index in [1.165, 1.54) is 0 Å². The first-order valence-corrected chi connectivity index (χ1v) is 16.7. The third-order valence-corrected chi connectivity index (χ3v) is 20.0. The summed E-state index contributed by atoms with van der Waals surface area (Å²) in [6.07, 6.45) is -3.53. The van der Waals surface area contributed by atoms with Crippen LogP contribution >= 0.6 is 11.6 Å². The van der Waals surface area contributed by atoms with Crippen molar-refractivity contribution in [2.75, 3.05) is 6.61 Å². The Morgan fingerprint density at radius 1 is 0.806 bits per heavy atom. The fourth-order valence-electron chi connectivity index (χ4n) is 6.37. The summed E-state index contributed by atoms with van der Waals surface area (Å²) in [7, 11) is -4.60. The molecule has 8 heteroatoms. The second-order valence-corrected chi connectivity index (χ2v) is 22.6. The number of aliphatic hydroxyl groups is 1. The van der Waals surface area contributed by atoms with Crippen LogP contribution in [0.15, 0.2) is 0 Å². The van der Waals surface area contributed by atoms with Crippen LogP contribution in [0.25, 0.3) is 0 Å². The van der Waals surface area contributed by atoms with E-state index in [0.29, 0.717) is 16.6 Å². The number of hydrogen-bond donors (Lipinski definition) is 1. The van der Waals surface area contributed by atoms with E-state index in [1.54, 1.807) is 0 Å². The molecule has 0 unspecified atom stereocenters. The Hall–Kier alpha value is 0.494. The van der Waals surface area contributed by atoms with Gasteiger partial charge in [-0.05, 0) is 33.2 Å². The van der Waals surface area contributed by atoms with E-state index >= 15 is 4.39 Å². The molecule has 1 aliphatic rings. The quantitative estimate of drug-likeness (QED) is 0.238. The first-order valence-electron chi connectivity index (χ1n) is 12.0. The van der Waals surface area contributed by atoms with E-state index < -0.39 is 40.3 Å². The highest BCUT2D eigenvalue weighted by Gasteiger charge is 2.60. The van der Waals surface area contributed by atoms with Gasteiger partial charge in [-0.2, -0.15) is 0 Å². The molecule has 0 saturated carbocycles. The van der Waals surface area contributed by atoms with Crippen molar-refractivity contribution in [2.24, 2.45) is 0 Å². The second-order valence-electron chi connectivity index (χ2n) is 11.2. The van der Waals surface area contributed by atoms with Crippen LogP contribution in [0.1, 0.15) is 83.1 Å². The normalized spacial score (nSPS) is 28.4. The average molecular weight is 499 g/mol. The molecule has 0 aromatic heterocycles. The predicted octanol–water partition coefficient (Wildman–Crippen LogP) is 7.36. The molecule has 1 saturated heterocycles. The van der Waals surface area contributed by atoms with Crippen molar-refractivity contribution in [2.45, 2.75) is 140 Å². The maximum absolute atomic E-state index is 15.4. The lowest BCUT2D eigenvalue weighted by Crippen LogP contribution is -2.55. The van der Waals surface area contributed by atoms with Crippen LogP contribution in [-0.4, -0.2) is 52.0 Å². The molecule has 0 spiro atoms. The number of ether oxygens (including phenoxy) is 1. The first kappa shape index (κ1) is 29.5. The monoisotopic (exact) mass is 498 g/mol. The molecule has 0 aromatic rings. The molecular formula is C23H48ClFO4Si2. The van der Waals surface area contributed by atoms with E-state index in [-0.39, 0.29) is 23.2 Å². The van der Waals surface area contributed by atoms with Gasteiger partial charge in [0.15, 0.2) is 14.5 Å². The number of alkyl halides is 2. The molecule has 0 bridgehead atoms. The molecule has 1 rings (SSSR count). The van der Waals surface area contributed by atoms with Crippen molar-refractivity contribution in [3.63, 3.8) is 0 Å². The van der Waals surface area contributed by atoms with E-state index in [2.05, 4.69) is 83.1 Å². The van der Waals surface area contributed by atoms with Crippen LogP contribution in [0.4, 0.5) is 4.39 Å². The number of rotatable bonds is 11. The van der Waals surface area contributed by atoms with Crippen molar-refractivity contribution in [3.8, 4) is 0 Å². The van der Waals surface area contributed by atoms with Crippen molar-refractivity contribution in [3.05, 3.63) is 0 Å². The third kappa shape index (κ3) is 5.60. The molecule has 4 nitrogen and oxygen atoms in total. The van der Waals surface area contributed by atoms with Crippen LogP contribution in [-0.2, 0) is 13.6 Å². The Bertz CT molecular complexity index is 526. The SMILES string of the molecule is CC(C)[Si](OC[C@H]1O[C@@](O)(Cl)[C@H](F)[C@@H]1O[Si](C(C)C)(C(C)C)C(C)C)(C(C)C)C(C)C. The lowest BCUT2D eigenvalue weighted by atomic mass is 10.2. The summed E-state index contributed by atoms with van der Waals surface area (Å²) in [5.74, 6) is 0. The summed E-state index contributed by atoms with van der Waals surface area (Å²) in [5.41, 5.74) is 2.00. The van der Waals surface area contributed by atoms with Gasteiger partial charge < -0.3 is 18.7 Å². The van der Waals surface area contributed by atoms with Gasteiger partial charge in [-0.3, -0.25) is 0 Å². The molecule has 0 radical (unpaired) electrons. The van der Waals surface area contributed by atoms with Crippen molar-refractivity contribution in [1.29, 1.82) is 0 Å². The molecule has 1 N–H and O–H groups in total. The van der Waals surface area contributed by atoms with Gasteiger partial charge in [0.05, 0.1) is 6.61 Å². The zero-order valence-electron chi connectivity index (χ0n) is 21.8. The minimum absolute atomic E-state index is 0.180. The average Bonchev–Trinajstić information content (AvgIpc) is 2.80. The zero-order valence-corrected chi connectivity index (χ0v) is 24.6. The smallest absolute Gasteiger partial charge is 0.281 e. The van der Waals surface area contributed by atoms with Crippen LogP contribution in [0.2, 0.25) is 33.2 Å². The van der Waals surface area contributed by atoms with Crippen molar-refractivity contribution in [1.82, 2.24) is 0 Å². The minimum atomic E-state index is -2.41. The second kappa shape index (κ2) is 10.8. The van der Waals surface area contributed by atoms with Gasteiger partial charge in [0, 0.05) is 0 Å². The van der Waals surface area contributed by atoms with Gasteiger partial charge in [0.2, 0.25) is 8.32 Å². The Labute approximate surface area is 197 Å². The lowest BCUT2D eigenvalue weighted by Gasteiger charge is -2.46. The Balaban J connectivity index is 3.30. The highest BCUT2D eigenvalue weighted by Crippen LogP contribution is 2.48. The van der Waals surface area contributed by atoms with Gasteiger partial charge in [-0.1, -0.05) is 94.7 Å². The molecule has 1 aliphatic heterocycles. The molecule has 0 aliphatic carbocycles. The number of hydrogen-bond acceptors (Lipinski definition) is 4. The summed E-state index contributed by atoms with van der Waals surface area (Å²) in [4.78, 5) is 0. The minimum Gasteiger partial charge on any atom is -0.413 e. The molecule has 1 heterocycles. The third-order valence-electron chi connectivity index (χ3n) is 7.56. The lowest BCUT2D eigenvalue weighted by molar-refractivity contribution is -0.155. The summed E-state index contributed by atoms with van der Waals surface area (Å²) in [6.45, 7) is 26.4. The van der Waals surface area contributed by atoms with Crippen molar-refractivity contribution >= 4 is 28.2 Å². The van der Waals surface area contributed by atoms with Gasteiger partial charge >= 0.3 is 0 Å². The van der Waals surface area contributed by atoms with E-state index in [0.717, 1.165) is 0 Å². The van der Waals surface area contributed by atoms with Crippen LogP contribution in [0, 0.1) is 0 Å². The van der Waals surface area contributed by atoms with E-state index in [9.17, 15) is 5.11 Å². The molecular weight excluding hydrogens is 451 g/mol. The van der Waals surface area contributed by atoms with E-state index in [1.807, 2.05) is 0 Å². The molecule has 1 fully saturated rings. The maximum Gasteiger partial charge on any atom is 0.281 e. The summed E-state index contributed by atoms with van der Waals surface area (Å²) < 4.78 is 34.4. The highest BCUT2D eigenvalue weighted by molar-refractivity contribution is 6.78. The van der Waals surface area contributed by atoms with Crippen LogP contribution < -0.4 is 0 Å². The Kier molecular flexibility index (Phi) is 10.3. The molecule has 31 heavy (non-hydrogen) atoms. The topological polar surface area (TPSA) is 47.9 Å². The zero-order chi connectivity index (χ0) is 24.5. The molecule has 0 amide bonds. The van der Waals surface area contributed by atoms with Crippen LogP contribution in [0.5, 0.6) is 0 Å². The fourth-order valence-corrected chi connectivity index (χ4v) is 17.6. The van der Waals surface area contributed by atoms with Gasteiger partial charge in [-0.15, -0.1) is 0 Å². The Morgan fingerprint density at radius 3 is 1.48 bits per heavy atom. The van der Waals surface area contributed by atoms with Crippen LogP contribution in [0.3, 0.4) is 0 Å². The summed E-state index contributed by atoms with van der Waals surface area (Å²) >= 11 is 6.06. The first-order chi connectivity index (χ1) is 14.0. The molecule has 4 atom stereocenters. The standard InChI is InChI=1S/C23H48ClFO4Si2/c1-14(2)30(15(3)4,16(5)6)27-13-20-21(22(25)23(24,26)28-20)29-31(17(7)8,18(9)10)19(11)12/h14-22,26H,13H2,1-12H3/t20-,21-,22-,23-/m1/s1. The summed E-state index contributed by atoms with van der Waals surface area (Å²) in [6, 6.07) is 0. The highest BCUT2D eigenvalue weighted by atomic mass is 35.5. The van der Waals surface area contributed by atoms with Gasteiger partial charge in [0.1, 0.15) is 12.2 Å². The predicted molar refractivity (Wildman–Crippen MR) is 133 cm³/mol. The van der Waals surface area contributed by atoms with E-state index in [4.69, 9.17) is 25.2 Å². The largest absolute Gasteiger partial charge is 0.413 e. The van der Waals surface area contributed by atoms with Gasteiger partial charge in [-0.25, -0.2) is 4.39 Å². The Morgan fingerprint density at radius 2 is 1.16 bits per heavy atom. The fraction of sp³-hybridized carbons (Fsp3) is 1.00. The summed E-state index contributed by atoms with van der Waals surface area (Å²) in [5, 5.41) is 8.05. The maximum atomic E-state index is 15.4.